The smallest absolute Gasteiger partial charge is 0.273 e. The standard InChI is InChI=1S/C14H17ClN2O3/c1-9-6-7-16(8-12(9)15)14(18)11-4-3-5-13(10(11)2)17(19)20/h3-5,9,12H,6-8H2,1-2H3. The monoisotopic (exact) mass is 296 g/mol. The molecule has 0 spiro atoms. The van der Waals surface area contributed by atoms with E-state index in [9.17, 15) is 14.9 Å². The highest BCUT2D eigenvalue weighted by molar-refractivity contribution is 6.21. The zero-order valence-corrected chi connectivity index (χ0v) is 12.3. The highest BCUT2D eigenvalue weighted by Gasteiger charge is 2.29. The number of amides is 1. The first-order chi connectivity index (χ1) is 9.41. The van der Waals surface area contributed by atoms with Crippen LogP contribution in [0, 0.1) is 23.0 Å². The normalized spacial score (nSPS) is 22.6. The molecule has 0 aliphatic carbocycles. The minimum Gasteiger partial charge on any atom is -0.337 e. The minimum atomic E-state index is -0.464. The lowest BCUT2D eigenvalue weighted by Crippen LogP contribution is -2.44. The van der Waals surface area contributed by atoms with Crippen molar-refractivity contribution >= 4 is 23.2 Å². The molecule has 0 radical (unpaired) electrons. The summed E-state index contributed by atoms with van der Waals surface area (Å²) in [5.74, 6) is 0.204. The molecule has 2 atom stereocenters. The van der Waals surface area contributed by atoms with Crippen LogP contribution in [0.15, 0.2) is 18.2 Å². The Kier molecular flexibility index (Phi) is 4.28. The second-order valence-electron chi connectivity index (χ2n) is 5.24. The van der Waals surface area contributed by atoms with E-state index < -0.39 is 4.92 Å². The van der Waals surface area contributed by atoms with Gasteiger partial charge in [0.25, 0.3) is 11.6 Å². The van der Waals surface area contributed by atoms with Gasteiger partial charge >= 0.3 is 0 Å². The van der Waals surface area contributed by atoms with Crippen LogP contribution >= 0.6 is 11.6 Å². The van der Waals surface area contributed by atoms with Gasteiger partial charge in [-0.25, -0.2) is 0 Å². The summed E-state index contributed by atoms with van der Waals surface area (Å²) in [6.45, 7) is 4.81. The fourth-order valence-electron chi connectivity index (χ4n) is 2.43. The summed E-state index contributed by atoms with van der Waals surface area (Å²) in [5, 5.41) is 10.9. The number of hydrogen-bond acceptors (Lipinski definition) is 3. The van der Waals surface area contributed by atoms with Crippen LogP contribution in [0.1, 0.15) is 29.3 Å². The zero-order valence-electron chi connectivity index (χ0n) is 11.5. The molecule has 1 aliphatic rings. The topological polar surface area (TPSA) is 63.5 Å². The number of rotatable bonds is 2. The number of benzene rings is 1. The van der Waals surface area contributed by atoms with Gasteiger partial charge in [0.15, 0.2) is 0 Å². The molecule has 1 aliphatic heterocycles. The molecule has 0 saturated carbocycles. The van der Waals surface area contributed by atoms with Crippen LogP contribution in [0.2, 0.25) is 0 Å². The molecule has 1 amide bonds. The average Bonchev–Trinajstić information content (AvgIpc) is 2.41. The van der Waals surface area contributed by atoms with Gasteiger partial charge in [-0.15, -0.1) is 11.6 Å². The number of piperidine rings is 1. The van der Waals surface area contributed by atoms with Crippen molar-refractivity contribution < 1.29 is 9.72 Å². The number of carbonyl (C=O) groups is 1. The van der Waals surface area contributed by atoms with Gasteiger partial charge in [-0.1, -0.05) is 13.0 Å². The molecule has 0 aromatic heterocycles. The summed E-state index contributed by atoms with van der Waals surface area (Å²) in [6, 6.07) is 4.59. The Balaban J connectivity index is 2.26. The van der Waals surface area contributed by atoms with E-state index in [1.807, 2.05) is 0 Å². The van der Waals surface area contributed by atoms with Crippen molar-refractivity contribution in [2.75, 3.05) is 13.1 Å². The van der Waals surface area contributed by atoms with E-state index in [4.69, 9.17) is 11.6 Å². The molecule has 0 bridgehead atoms. The largest absolute Gasteiger partial charge is 0.337 e. The Morgan fingerprint density at radius 2 is 2.20 bits per heavy atom. The molecule has 1 aromatic rings. The third-order valence-corrected chi connectivity index (χ3v) is 4.45. The van der Waals surface area contributed by atoms with E-state index in [2.05, 4.69) is 6.92 Å². The number of alkyl halides is 1. The van der Waals surface area contributed by atoms with E-state index in [0.29, 0.717) is 30.1 Å². The number of nitro groups is 1. The fourth-order valence-corrected chi connectivity index (χ4v) is 2.72. The van der Waals surface area contributed by atoms with Crippen LogP contribution in [-0.2, 0) is 0 Å². The van der Waals surface area contributed by atoms with Gasteiger partial charge in [-0.05, 0) is 25.3 Å². The van der Waals surface area contributed by atoms with E-state index in [-0.39, 0.29) is 17.0 Å². The molecule has 6 heteroatoms. The number of halogens is 1. The van der Waals surface area contributed by atoms with Gasteiger partial charge in [0, 0.05) is 30.3 Å². The second-order valence-corrected chi connectivity index (χ2v) is 5.80. The maximum Gasteiger partial charge on any atom is 0.273 e. The number of nitro benzene ring substituents is 1. The first-order valence-corrected chi connectivity index (χ1v) is 7.02. The molecule has 2 rings (SSSR count). The van der Waals surface area contributed by atoms with Crippen LogP contribution in [0.25, 0.3) is 0 Å². The van der Waals surface area contributed by atoms with Crippen molar-refractivity contribution in [3.8, 4) is 0 Å². The highest BCUT2D eigenvalue weighted by Crippen LogP contribution is 2.26. The maximum atomic E-state index is 12.5. The average molecular weight is 297 g/mol. The third kappa shape index (κ3) is 2.77. The molecule has 0 N–H and O–H groups in total. The number of carbonyl (C=O) groups excluding carboxylic acids is 1. The van der Waals surface area contributed by atoms with Crippen LogP contribution in [0.4, 0.5) is 5.69 Å². The molecule has 1 heterocycles. The van der Waals surface area contributed by atoms with Gasteiger partial charge in [-0.3, -0.25) is 14.9 Å². The third-order valence-electron chi connectivity index (χ3n) is 3.89. The van der Waals surface area contributed by atoms with Gasteiger partial charge in [0.2, 0.25) is 0 Å². The van der Waals surface area contributed by atoms with Crippen molar-refractivity contribution in [1.29, 1.82) is 0 Å². The van der Waals surface area contributed by atoms with E-state index in [1.54, 1.807) is 24.0 Å². The van der Waals surface area contributed by atoms with Gasteiger partial charge in [0.1, 0.15) is 0 Å². The van der Waals surface area contributed by atoms with Crippen molar-refractivity contribution in [3.63, 3.8) is 0 Å². The summed E-state index contributed by atoms with van der Waals surface area (Å²) >= 11 is 6.21. The molecule has 5 nitrogen and oxygen atoms in total. The lowest BCUT2D eigenvalue weighted by atomic mass is 9.97. The lowest BCUT2D eigenvalue weighted by Gasteiger charge is -2.34. The SMILES string of the molecule is Cc1c(C(=O)N2CCC(C)C(Cl)C2)cccc1[N+](=O)[O-]. The van der Waals surface area contributed by atoms with Crippen LogP contribution in [-0.4, -0.2) is 34.2 Å². The van der Waals surface area contributed by atoms with Crippen molar-refractivity contribution in [3.05, 3.63) is 39.4 Å². The Hall–Kier alpha value is -1.62. The molecule has 20 heavy (non-hydrogen) atoms. The lowest BCUT2D eigenvalue weighted by molar-refractivity contribution is -0.385. The first kappa shape index (κ1) is 14.8. The van der Waals surface area contributed by atoms with Crippen LogP contribution < -0.4 is 0 Å². The maximum absolute atomic E-state index is 12.5. The molecular weight excluding hydrogens is 280 g/mol. The van der Waals surface area contributed by atoms with E-state index >= 15 is 0 Å². The summed E-state index contributed by atoms with van der Waals surface area (Å²) < 4.78 is 0. The Morgan fingerprint density at radius 3 is 2.80 bits per heavy atom. The quantitative estimate of drug-likeness (QED) is 0.479. The van der Waals surface area contributed by atoms with Crippen molar-refractivity contribution in [1.82, 2.24) is 4.90 Å². The summed E-state index contributed by atoms with van der Waals surface area (Å²) in [6.07, 6.45) is 0.855. The van der Waals surface area contributed by atoms with E-state index in [0.717, 1.165) is 6.42 Å². The van der Waals surface area contributed by atoms with Gasteiger partial charge < -0.3 is 4.90 Å². The minimum absolute atomic E-state index is 0.0244. The first-order valence-electron chi connectivity index (χ1n) is 6.59. The summed E-state index contributed by atoms with van der Waals surface area (Å²) in [7, 11) is 0. The fraction of sp³-hybridized carbons (Fsp3) is 0.500. The molecule has 2 unspecified atom stereocenters. The molecular formula is C14H17ClN2O3. The van der Waals surface area contributed by atoms with Crippen molar-refractivity contribution in [2.24, 2.45) is 5.92 Å². The predicted molar refractivity (Wildman–Crippen MR) is 77.2 cm³/mol. The van der Waals surface area contributed by atoms with Crippen LogP contribution in [0.5, 0.6) is 0 Å². The number of likely N-dealkylation sites (tertiary alicyclic amines) is 1. The predicted octanol–water partition coefficient (Wildman–Crippen LogP) is 2.99. The number of hydrogen-bond donors (Lipinski definition) is 0. The molecule has 1 aromatic carbocycles. The highest BCUT2D eigenvalue weighted by atomic mass is 35.5. The van der Waals surface area contributed by atoms with Crippen molar-refractivity contribution in [2.45, 2.75) is 25.6 Å². The molecule has 108 valence electrons. The van der Waals surface area contributed by atoms with Gasteiger partial charge in [-0.2, -0.15) is 0 Å². The summed E-state index contributed by atoms with van der Waals surface area (Å²) in [5.41, 5.74) is 0.772. The molecule has 1 saturated heterocycles. The second kappa shape index (κ2) is 5.79. The van der Waals surface area contributed by atoms with E-state index in [1.165, 1.54) is 6.07 Å². The number of nitrogens with zero attached hydrogens (tertiary/aromatic N) is 2. The zero-order chi connectivity index (χ0) is 14.9. The Morgan fingerprint density at radius 1 is 1.50 bits per heavy atom. The summed E-state index contributed by atoms with van der Waals surface area (Å²) in [4.78, 5) is 24.6. The Bertz CT molecular complexity index is 547. The van der Waals surface area contributed by atoms with Crippen LogP contribution in [0.3, 0.4) is 0 Å². The van der Waals surface area contributed by atoms with Gasteiger partial charge in [0.05, 0.1) is 10.3 Å². The Labute approximate surface area is 122 Å². The molecule has 1 fully saturated rings.